The van der Waals surface area contributed by atoms with Gasteiger partial charge >= 0.3 is 0 Å². The molecule has 1 fully saturated rings. The van der Waals surface area contributed by atoms with E-state index < -0.39 is 4.92 Å². The van der Waals surface area contributed by atoms with Crippen molar-refractivity contribution in [1.82, 2.24) is 24.1 Å². The van der Waals surface area contributed by atoms with E-state index in [-0.39, 0.29) is 22.4 Å². The number of hydrogen-bond donors (Lipinski definition) is 0. The van der Waals surface area contributed by atoms with Gasteiger partial charge in [0, 0.05) is 12.7 Å². The quantitative estimate of drug-likeness (QED) is 0.271. The summed E-state index contributed by atoms with van der Waals surface area (Å²) in [6.45, 7) is 2.84. The van der Waals surface area contributed by atoms with Crippen molar-refractivity contribution in [2.75, 3.05) is 6.61 Å². The summed E-state index contributed by atoms with van der Waals surface area (Å²) < 4.78 is 9.00. The Morgan fingerprint density at radius 3 is 2.63 bits per heavy atom. The van der Waals surface area contributed by atoms with Crippen molar-refractivity contribution in [2.45, 2.75) is 32.4 Å². The number of para-hydroxylation sites is 2. The number of aryl methyl sites for hydroxylation is 1. The summed E-state index contributed by atoms with van der Waals surface area (Å²) in [6, 6.07) is 11.8. The Balaban J connectivity index is 1.72. The van der Waals surface area contributed by atoms with Crippen LogP contribution in [0.2, 0.25) is 5.02 Å². The Kier molecular flexibility index (Phi) is 5.01. The van der Waals surface area contributed by atoms with Gasteiger partial charge in [-0.2, -0.15) is 0 Å². The second kappa shape index (κ2) is 8.10. The maximum atomic E-state index is 13.8. The lowest BCUT2D eigenvalue weighted by Gasteiger charge is -2.14. The molecule has 0 spiro atoms. The molecule has 1 aliphatic rings. The van der Waals surface area contributed by atoms with Crippen molar-refractivity contribution in [1.29, 1.82) is 0 Å². The first-order valence-electron chi connectivity index (χ1n) is 11.2. The molecule has 3 aromatic heterocycles. The lowest BCUT2D eigenvalue weighted by atomic mass is 10.2. The number of nitro groups is 1. The molecular weight excluding hydrogens is 472 g/mol. The molecule has 6 rings (SSSR count). The molecule has 35 heavy (non-hydrogen) atoms. The number of hydrogen-bond acceptors (Lipinski definition) is 7. The second-order valence-electron chi connectivity index (χ2n) is 8.52. The van der Waals surface area contributed by atoms with Crippen molar-refractivity contribution >= 4 is 50.5 Å². The molecule has 1 saturated heterocycles. The number of nitro benzene ring substituents is 1. The van der Waals surface area contributed by atoms with E-state index in [1.807, 2.05) is 24.3 Å². The fraction of sp³-hybridized carbons (Fsp3) is 0.250. The molecule has 2 aromatic carbocycles. The van der Waals surface area contributed by atoms with Gasteiger partial charge in [-0.15, -0.1) is 0 Å². The molecule has 0 bridgehead atoms. The van der Waals surface area contributed by atoms with Gasteiger partial charge in [-0.25, -0.2) is 15.0 Å². The summed E-state index contributed by atoms with van der Waals surface area (Å²) in [5, 5.41) is 11.9. The van der Waals surface area contributed by atoms with Crippen LogP contribution in [-0.4, -0.2) is 41.7 Å². The number of fused-ring (bicyclic) bond motifs is 4. The molecule has 5 aromatic rings. The zero-order chi connectivity index (χ0) is 24.3. The molecule has 4 heterocycles. The number of ether oxygens (including phenoxy) is 1. The first kappa shape index (κ1) is 21.6. The van der Waals surface area contributed by atoms with Crippen LogP contribution in [0.3, 0.4) is 0 Å². The highest BCUT2D eigenvalue weighted by Crippen LogP contribution is 2.32. The van der Waals surface area contributed by atoms with Gasteiger partial charge in [0.1, 0.15) is 21.7 Å². The standard InChI is InChI=1S/C24H19ClN6O4/c1-13-26-22-20(24(32)29(13)12-15-5-4-10-35-15)21-23(28-18-7-3-2-6-17(18)27-21)30(22)14-8-9-16(25)19(11-14)31(33)34/h2-3,6-9,11,15H,4-5,10,12H2,1H3/t15-/m1/s1. The fourth-order valence-corrected chi connectivity index (χ4v) is 4.85. The molecule has 0 amide bonds. The fourth-order valence-electron chi connectivity index (χ4n) is 4.66. The van der Waals surface area contributed by atoms with Crippen molar-refractivity contribution in [3.8, 4) is 5.69 Å². The highest BCUT2D eigenvalue weighted by Gasteiger charge is 2.25. The topological polar surface area (TPSA) is 118 Å². The van der Waals surface area contributed by atoms with E-state index in [0.29, 0.717) is 57.9 Å². The van der Waals surface area contributed by atoms with E-state index in [9.17, 15) is 14.9 Å². The number of benzene rings is 2. The zero-order valence-electron chi connectivity index (χ0n) is 18.6. The van der Waals surface area contributed by atoms with E-state index in [4.69, 9.17) is 31.3 Å². The molecule has 0 N–H and O–H groups in total. The minimum atomic E-state index is -0.548. The molecule has 1 aliphatic heterocycles. The predicted octanol–water partition coefficient (Wildman–Crippen LogP) is 4.33. The first-order valence-corrected chi connectivity index (χ1v) is 11.5. The van der Waals surface area contributed by atoms with Gasteiger partial charge in [-0.1, -0.05) is 23.7 Å². The van der Waals surface area contributed by atoms with Crippen LogP contribution in [0.15, 0.2) is 47.3 Å². The second-order valence-corrected chi connectivity index (χ2v) is 8.93. The molecule has 176 valence electrons. The SMILES string of the molecule is Cc1nc2c(c(=O)n1C[C@H]1CCCO1)c1nc3ccccc3nc1n2-c1ccc(Cl)c([N+](=O)[O-])c1. The largest absolute Gasteiger partial charge is 0.376 e. The summed E-state index contributed by atoms with van der Waals surface area (Å²) in [5.41, 5.74) is 2.27. The molecule has 0 aliphatic carbocycles. The van der Waals surface area contributed by atoms with Gasteiger partial charge in [-0.3, -0.25) is 24.0 Å². The third-order valence-electron chi connectivity index (χ3n) is 6.35. The number of halogens is 1. The Labute approximate surface area is 202 Å². The van der Waals surface area contributed by atoms with E-state index in [0.717, 1.165) is 12.8 Å². The minimum Gasteiger partial charge on any atom is -0.376 e. The minimum absolute atomic E-state index is 0.0131. The molecule has 0 radical (unpaired) electrons. The summed E-state index contributed by atoms with van der Waals surface area (Å²) in [5.74, 6) is 0.509. The van der Waals surface area contributed by atoms with Crippen LogP contribution < -0.4 is 5.56 Å². The number of nitrogens with zero attached hydrogens (tertiary/aromatic N) is 6. The number of rotatable bonds is 4. The summed E-state index contributed by atoms with van der Waals surface area (Å²) >= 11 is 6.06. The highest BCUT2D eigenvalue weighted by atomic mass is 35.5. The lowest BCUT2D eigenvalue weighted by molar-refractivity contribution is -0.384. The van der Waals surface area contributed by atoms with Gasteiger partial charge in [-0.05, 0) is 44.0 Å². The number of aromatic nitrogens is 5. The van der Waals surface area contributed by atoms with Crippen LogP contribution in [0.4, 0.5) is 5.69 Å². The Bertz CT molecular complexity index is 1720. The van der Waals surface area contributed by atoms with Gasteiger partial charge in [0.2, 0.25) is 0 Å². The van der Waals surface area contributed by atoms with Crippen LogP contribution in [0.5, 0.6) is 0 Å². The van der Waals surface area contributed by atoms with Crippen molar-refractivity contribution < 1.29 is 9.66 Å². The van der Waals surface area contributed by atoms with Gasteiger partial charge in [0.05, 0.1) is 34.3 Å². The normalized spacial score (nSPS) is 16.0. The van der Waals surface area contributed by atoms with Crippen molar-refractivity contribution in [2.24, 2.45) is 0 Å². The van der Waals surface area contributed by atoms with Gasteiger partial charge < -0.3 is 4.74 Å². The van der Waals surface area contributed by atoms with Gasteiger partial charge in [0.15, 0.2) is 11.3 Å². The van der Waals surface area contributed by atoms with E-state index in [1.54, 1.807) is 22.1 Å². The third-order valence-corrected chi connectivity index (χ3v) is 6.67. The maximum absolute atomic E-state index is 13.8. The molecular formula is C24H19ClN6O4. The molecule has 1 atom stereocenters. The average molecular weight is 491 g/mol. The lowest BCUT2D eigenvalue weighted by Crippen LogP contribution is -2.29. The predicted molar refractivity (Wildman–Crippen MR) is 131 cm³/mol. The summed E-state index contributed by atoms with van der Waals surface area (Å²) in [6.07, 6.45) is 1.79. The van der Waals surface area contributed by atoms with E-state index in [2.05, 4.69) is 0 Å². The Hall–Kier alpha value is -3.89. The summed E-state index contributed by atoms with van der Waals surface area (Å²) in [4.78, 5) is 39.1. The van der Waals surface area contributed by atoms with Crippen LogP contribution >= 0.6 is 11.6 Å². The van der Waals surface area contributed by atoms with Crippen molar-refractivity contribution in [3.05, 3.63) is 73.8 Å². The van der Waals surface area contributed by atoms with E-state index in [1.165, 1.54) is 12.1 Å². The van der Waals surface area contributed by atoms with Crippen LogP contribution in [-0.2, 0) is 11.3 Å². The molecule has 10 nitrogen and oxygen atoms in total. The third kappa shape index (κ3) is 3.44. The average Bonchev–Trinajstić information content (AvgIpc) is 3.46. The molecule has 0 saturated carbocycles. The van der Waals surface area contributed by atoms with E-state index >= 15 is 0 Å². The summed E-state index contributed by atoms with van der Waals surface area (Å²) in [7, 11) is 0. The molecule has 0 unspecified atom stereocenters. The van der Waals surface area contributed by atoms with Crippen LogP contribution in [0.1, 0.15) is 18.7 Å². The smallest absolute Gasteiger partial charge is 0.289 e. The van der Waals surface area contributed by atoms with Crippen molar-refractivity contribution in [3.63, 3.8) is 0 Å². The Morgan fingerprint density at radius 2 is 1.91 bits per heavy atom. The zero-order valence-corrected chi connectivity index (χ0v) is 19.4. The highest BCUT2D eigenvalue weighted by molar-refractivity contribution is 6.32. The molecule has 11 heteroatoms. The van der Waals surface area contributed by atoms with Crippen LogP contribution in [0, 0.1) is 17.0 Å². The monoisotopic (exact) mass is 490 g/mol. The maximum Gasteiger partial charge on any atom is 0.289 e. The van der Waals surface area contributed by atoms with Crippen LogP contribution in [0.25, 0.3) is 38.9 Å². The first-order chi connectivity index (χ1) is 16.9. The Morgan fingerprint density at radius 1 is 1.14 bits per heavy atom. The van der Waals surface area contributed by atoms with Gasteiger partial charge in [0.25, 0.3) is 11.2 Å².